The summed E-state index contributed by atoms with van der Waals surface area (Å²) in [6, 6.07) is 0. The molecule has 4 aliphatic rings. The van der Waals surface area contributed by atoms with Crippen molar-refractivity contribution >= 4 is 5.78 Å². The van der Waals surface area contributed by atoms with E-state index in [1.807, 2.05) is 6.92 Å². The average molecular weight is 344 g/mol. The molecule has 0 radical (unpaired) electrons. The lowest BCUT2D eigenvalue weighted by Gasteiger charge is -2.58. The molecule has 1 aliphatic heterocycles. The zero-order valence-electron chi connectivity index (χ0n) is 16.1. The Balaban J connectivity index is 1.66. The summed E-state index contributed by atoms with van der Waals surface area (Å²) in [6.07, 6.45) is 7.32. The number of hydrogen-bond donors (Lipinski definition) is 1. The van der Waals surface area contributed by atoms with E-state index in [1.165, 1.54) is 31.3 Å². The first kappa shape index (κ1) is 17.5. The summed E-state index contributed by atoms with van der Waals surface area (Å²) < 4.78 is 5.90. The Morgan fingerprint density at radius 1 is 1.32 bits per heavy atom. The molecular formula is C22H32O3. The van der Waals surface area contributed by atoms with Gasteiger partial charge in [0.2, 0.25) is 0 Å². The number of carbonyl (C=O) groups excluding carboxylic acids is 1. The Morgan fingerprint density at radius 2 is 2.04 bits per heavy atom. The zero-order chi connectivity index (χ0) is 18.2. The highest BCUT2D eigenvalue weighted by Crippen LogP contribution is 2.64. The van der Waals surface area contributed by atoms with Crippen LogP contribution in [0.3, 0.4) is 0 Å². The SMILES string of the molecule is C=C1CC[C@@H]2C(C)(C)CCC[C@@]2(C)[C@@H]1C[C@@]12O[C@@H]1[C@H](O)C(C)=CC2=O. The second-order valence-corrected chi connectivity index (χ2v) is 9.98. The standard InChI is InChI=1S/C22H32O3/c1-13-7-8-16-20(3,4)9-6-10-21(16,5)15(13)12-22-17(23)11-14(2)18(24)19(22)25-22/h11,15-16,18-19,24H,1,6-10,12H2,2-5H3/t15-,16-,18-,19-,21+,22+/m1/s1. The highest BCUT2D eigenvalue weighted by Gasteiger charge is 2.68. The number of hydrogen-bond acceptors (Lipinski definition) is 3. The number of aliphatic hydroxyl groups excluding tert-OH is 1. The molecule has 3 heteroatoms. The van der Waals surface area contributed by atoms with Crippen molar-refractivity contribution in [2.75, 3.05) is 0 Å². The van der Waals surface area contributed by atoms with Crippen molar-refractivity contribution in [3.63, 3.8) is 0 Å². The van der Waals surface area contributed by atoms with E-state index in [0.29, 0.717) is 23.7 Å². The molecule has 2 saturated carbocycles. The van der Waals surface area contributed by atoms with Crippen molar-refractivity contribution in [3.8, 4) is 0 Å². The summed E-state index contributed by atoms with van der Waals surface area (Å²) in [5, 5.41) is 10.4. The van der Waals surface area contributed by atoms with E-state index in [2.05, 4.69) is 27.4 Å². The number of aliphatic hydroxyl groups is 1. The second kappa shape index (κ2) is 5.29. The Morgan fingerprint density at radius 3 is 2.76 bits per heavy atom. The van der Waals surface area contributed by atoms with Crippen LogP contribution in [0.4, 0.5) is 0 Å². The van der Waals surface area contributed by atoms with Crippen LogP contribution in [0.25, 0.3) is 0 Å². The fraction of sp³-hybridized carbons (Fsp3) is 0.773. The number of carbonyl (C=O) groups is 1. The number of ketones is 1. The minimum Gasteiger partial charge on any atom is -0.386 e. The number of fused-ring (bicyclic) bond motifs is 2. The van der Waals surface area contributed by atoms with Gasteiger partial charge in [0.1, 0.15) is 12.2 Å². The fourth-order valence-corrected chi connectivity index (χ4v) is 6.58. The van der Waals surface area contributed by atoms with E-state index >= 15 is 0 Å². The number of rotatable bonds is 2. The summed E-state index contributed by atoms with van der Waals surface area (Å²) in [5.41, 5.74) is 1.75. The number of ether oxygens (including phenoxy) is 1. The highest BCUT2D eigenvalue weighted by molar-refractivity contribution is 6.01. The predicted octanol–water partition coefficient (Wildman–Crippen LogP) is 4.20. The van der Waals surface area contributed by atoms with Gasteiger partial charge in [0.05, 0.1) is 0 Å². The van der Waals surface area contributed by atoms with E-state index in [0.717, 1.165) is 12.0 Å². The van der Waals surface area contributed by atoms with E-state index in [4.69, 9.17) is 4.74 Å². The maximum atomic E-state index is 12.7. The first-order valence-electron chi connectivity index (χ1n) is 9.88. The molecule has 0 bridgehead atoms. The molecule has 0 spiro atoms. The molecule has 0 unspecified atom stereocenters. The van der Waals surface area contributed by atoms with E-state index in [1.54, 1.807) is 6.08 Å². The summed E-state index contributed by atoms with van der Waals surface area (Å²) in [6.45, 7) is 13.5. The lowest BCUT2D eigenvalue weighted by atomic mass is 9.46. The van der Waals surface area contributed by atoms with Gasteiger partial charge in [-0.2, -0.15) is 0 Å². The van der Waals surface area contributed by atoms with Gasteiger partial charge < -0.3 is 9.84 Å². The van der Waals surface area contributed by atoms with Crippen molar-refractivity contribution in [3.05, 3.63) is 23.8 Å². The predicted molar refractivity (Wildman–Crippen MR) is 98.1 cm³/mol. The maximum Gasteiger partial charge on any atom is 0.190 e. The lowest BCUT2D eigenvalue weighted by molar-refractivity contribution is -0.122. The molecule has 1 heterocycles. The molecule has 6 atom stereocenters. The van der Waals surface area contributed by atoms with Gasteiger partial charge in [-0.15, -0.1) is 0 Å². The third-order valence-corrected chi connectivity index (χ3v) is 8.10. The van der Waals surface area contributed by atoms with E-state index in [-0.39, 0.29) is 17.3 Å². The topological polar surface area (TPSA) is 49.8 Å². The van der Waals surface area contributed by atoms with Crippen molar-refractivity contribution in [1.82, 2.24) is 0 Å². The monoisotopic (exact) mass is 344 g/mol. The van der Waals surface area contributed by atoms with Gasteiger partial charge in [0.25, 0.3) is 0 Å². The second-order valence-electron chi connectivity index (χ2n) is 9.98. The van der Waals surface area contributed by atoms with Crippen molar-refractivity contribution in [2.45, 2.75) is 84.0 Å². The van der Waals surface area contributed by atoms with Crippen LogP contribution in [-0.2, 0) is 9.53 Å². The Hall–Kier alpha value is -0.930. The van der Waals surface area contributed by atoms with Crippen LogP contribution in [0.5, 0.6) is 0 Å². The quantitative estimate of drug-likeness (QED) is 0.603. The summed E-state index contributed by atoms with van der Waals surface area (Å²) in [5.74, 6) is 1.02. The fourth-order valence-electron chi connectivity index (χ4n) is 6.58. The average Bonchev–Trinajstić information content (AvgIpc) is 3.25. The van der Waals surface area contributed by atoms with E-state index in [9.17, 15) is 9.90 Å². The number of allylic oxidation sites excluding steroid dienone is 1. The van der Waals surface area contributed by atoms with Gasteiger partial charge >= 0.3 is 0 Å². The first-order valence-corrected chi connectivity index (χ1v) is 9.88. The van der Waals surface area contributed by atoms with Gasteiger partial charge in [0, 0.05) is 0 Å². The zero-order valence-corrected chi connectivity index (χ0v) is 16.1. The van der Waals surface area contributed by atoms with Crippen molar-refractivity contribution in [1.29, 1.82) is 0 Å². The van der Waals surface area contributed by atoms with Gasteiger partial charge in [-0.3, -0.25) is 4.79 Å². The highest BCUT2D eigenvalue weighted by atomic mass is 16.6. The molecule has 3 nitrogen and oxygen atoms in total. The summed E-state index contributed by atoms with van der Waals surface area (Å²) in [7, 11) is 0. The molecule has 0 aromatic carbocycles. The van der Waals surface area contributed by atoms with Crippen LogP contribution in [0, 0.1) is 22.7 Å². The normalized spacial score (nSPS) is 48.4. The lowest BCUT2D eigenvalue weighted by Crippen LogP contribution is -2.51. The van der Waals surface area contributed by atoms with Gasteiger partial charge in [0.15, 0.2) is 11.4 Å². The van der Waals surface area contributed by atoms with Crippen LogP contribution < -0.4 is 0 Å². The van der Waals surface area contributed by atoms with Crippen LogP contribution in [0.15, 0.2) is 23.8 Å². The minimum absolute atomic E-state index is 0.0499. The smallest absolute Gasteiger partial charge is 0.190 e. The Bertz CT molecular complexity index is 660. The van der Waals surface area contributed by atoms with Crippen LogP contribution >= 0.6 is 0 Å². The van der Waals surface area contributed by atoms with Crippen molar-refractivity contribution in [2.24, 2.45) is 22.7 Å². The Labute approximate surface area is 151 Å². The molecule has 1 N–H and O–H groups in total. The molecule has 3 fully saturated rings. The largest absolute Gasteiger partial charge is 0.386 e. The molecule has 1 saturated heterocycles. The molecule has 25 heavy (non-hydrogen) atoms. The third kappa shape index (κ3) is 2.35. The molecular weight excluding hydrogens is 312 g/mol. The van der Waals surface area contributed by atoms with Gasteiger partial charge in [-0.1, -0.05) is 39.3 Å². The molecule has 3 aliphatic carbocycles. The molecule has 138 valence electrons. The maximum absolute atomic E-state index is 12.7. The van der Waals surface area contributed by atoms with Crippen LogP contribution in [-0.4, -0.2) is 28.7 Å². The van der Waals surface area contributed by atoms with Gasteiger partial charge in [-0.05, 0) is 73.3 Å². The molecule has 0 amide bonds. The Kier molecular flexibility index (Phi) is 3.70. The van der Waals surface area contributed by atoms with E-state index < -0.39 is 11.7 Å². The van der Waals surface area contributed by atoms with Crippen molar-refractivity contribution < 1.29 is 14.6 Å². The first-order chi connectivity index (χ1) is 11.6. The van der Waals surface area contributed by atoms with Crippen LogP contribution in [0.2, 0.25) is 0 Å². The third-order valence-electron chi connectivity index (χ3n) is 8.10. The van der Waals surface area contributed by atoms with Crippen LogP contribution in [0.1, 0.15) is 66.2 Å². The molecule has 4 rings (SSSR count). The number of epoxide rings is 1. The summed E-state index contributed by atoms with van der Waals surface area (Å²) >= 11 is 0. The molecule has 0 aromatic rings. The minimum atomic E-state index is -0.793. The summed E-state index contributed by atoms with van der Waals surface area (Å²) in [4.78, 5) is 12.7. The molecule has 0 aromatic heterocycles. The van der Waals surface area contributed by atoms with Gasteiger partial charge in [-0.25, -0.2) is 0 Å².